The van der Waals surface area contributed by atoms with Crippen molar-refractivity contribution in [2.75, 3.05) is 13.2 Å². The van der Waals surface area contributed by atoms with Crippen LogP contribution >= 0.6 is 0 Å². The number of fused-ring (bicyclic) bond motifs is 1. The van der Waals surface area contributed by atoms with Crippen molar-refractivity contribution in [2.24, 2.45) is 5.92 Å². The first kappa shape index (κ1) is 10.8. The Kier molecular flexibility index (Phi) is 2.99. The van der Waals surface area contributed by atoms with Crippen LogP contribution in [0.15, 0.2) is 18.2 Å². The molecular weight excluding hydrogens is 208 g/mol. The zero-order chi connectivity index (χ0) is 11.5. The first-order chi connectivity index (χ1) is 7.66. The monoisotopic (exact) mass is 222 g/mol. The molecule has 0 fully saturated rings. The van der Waals surface area contributed by atoms with Gasteiger partial charge in [0, 0.05) is 0 Å². The smallest absolute Gasteiger partial charge is 0.306 e. The van der Waals surface area contributed by atoms with Crippen LogP contribution in [0.4, 0.5) is 0 Å². The number of hydrogen-bond acceptors (Lipinski definition) is 3. The van der Waals surface area contributed by atoms with Crippen molar-refractivity contribution >= 4 is 5.97 Å². The number of carbonyl (C=O) groups is 1. The van der Waals surface area contributed by atoms with Crippen molar-refractivity contribution in [1.29, 1.82) is 0 Å². The van der Waals surface area contributed by atoms with E-state index in [0.717, 1.165) is 11.3 Å². The maximum Gasteiger partial charge on any atom is 0.306 e. The molecule has 1 N–H and O–H groups in total. The van der Waals surface area contributed by atoms with Crippen LogP contribution in [0.3, 0.4) is 0 Å². The fourth-order valence-corrected chi connectivity index (χ4v) is 1.66. The number of hydrogen-bond donors (Lipinski definition) is 1. The Bertz CT molecular complexity index is 400. The van der Waals surface area contributed by atoms with Gasteiger partial charge in [0.2, 0.25) is 0 Å². The Morgan fingerprint density at radius 2 is 2.06 bits per heavy atom. The summed E-state index contributed by atoms with van der Waals surface area (Å²) in [5, 5.41) is 8.83. The molecule has 86 valence electrons. The molecule has 1 aromatic rings. The van der Waals surface area contributed by atoms with Gasteiger partial charge in [0.05, 0.1) is 5.92 Å². The lowest BCUT2D eigenvalue weighted by atomic mass is 10.0. The molecular formula is C12H14O4. The summed E-state index contributed by atoms with van der Waals surface area (Å²) in [5.74, 6) is 0.275. The molecule has 0 spiro atoms. The van der Waals surface area contributed by atoms with Crippen LogP contribution in [0.5, 0.6) is 11.5 Å². The molecule has 1 aliphatic rings. The molecule has 2 rings (SSSR count). The Morgan fingerprint density at radius 1 is 1.38 bits per heavy atom. The molecule has 1 aliphatic heterocycles. The Labute approximate surface area is 93.8 Å². The fraction of sp³-hybridized carbons (Fsp3) is 0.417. The normalized spacial score (nSPS) is 15.6. The molecule has 4 heteroatoms. The molecule has 1 atom stereocenters. The van der Waals surface area contributed by atoms with E-state index in [-0.39, 0.29) is 5.92 Å². The average molecular weight is 222 g/mol. The summed E-state index contributed by atoms with van der Waals surface area (Å²) in [4.78, 5) is 10.7. The minimum Gasteiger partial charge on any atom is -0.486 e. The topological polar surface area (TPSA) is 55.8 Å². The van der Waals surface area contributed by atoms with Gasteiger partial charge in [0.15, 0.2) is 11.5 Å². The van der Waals surface area contributed by atoms with Crippen molar-refractivity contribution in [3.8, 4) is 11.5 Å². The van der Waals surface area contributed by atoms with Gasteiger partial charge in [-0.25, -0.2) is 0 Å². The Morgan fingerprint density at radius 3 is 2.75 bits per heavy atom. The van der Waals surface area contributed by atoms with E-state index in [0.29, 0.717) is 25.4 Å². The van der Waals surface area contributed by atoms with E-state index in [2.05, 4.69) is 0 Å². The molecule has 0 radical (unpaired) electrons. The molecule has 0 aromatic heterocycles. The van der Waals surface area contributed by atoms with Crippen LogP contribution < -0.4 is 9.47 Å². The van der Waals surface area contributed by atoms with Crippen LogP contribution in [-0.2, 0) is 11.2 Å². The highest BCUT2D eigenvalue weighted by atomic mass is 16.6. The third-order valence-corrected chi connectivity index (χ3v) is 2.57. The quantitative estimate of drug-likeness (QED) is 0.846. The van der Waals surface area contributed by atoms with Gasteiger partial charge in [-0.3, -0.25) is 4.79 Å². The first-order valence-electron chi connectivity index (χ1n) is 5.28. The highest BCUT2D eigenvalue weighted by molar-refractivity contribution is 5.70. The summed E-state index contributed by atoms with van der Waals surface area (Å²) in [6.07, 6.45) is 0.506. The van der Waals surface area contributed by atoms with Crippen molar-refractivity contribution in [1.82, 2.24) is 0 Å². The van der Waals surface area contributed by atoms with E-state index in [1.165, 1.54) is 0 Å². The summed E-state index contributed by atoms with van der Waals surface area (Å²) in [6, 6.07) is 5.57. The lowest BCUT2D eigenvalue weighted by molar-refractivity contribution is -0.141. The SMILES string of the molecule is CC(Cc1ccc2c(c1)OCCO2)C(=O)O. The number of carboxylic acids is 1. The van der Waals surface area contributed by atoms with Gasteiger partial charge in [0.25, 0.3) is 0 Å². The Hall–Kier alpha value is -1.71. The van der Waals surface area contributed by atoms with E-state index >= 15 is 0 Å². The third kappa shape index (κ3) is 2.27. The van der Waals surface area contributed by atoms with Crippen LogP contribution in [0.2, 0.25) is 0 Å². The van der Waals surface area contributed by atoms with E-state index < -0.39 is 5.97 Å². The summed E-state index contributed by atoms with van der Waals surface area (Å²) >= 11 is 0. The van der Waals surface area contributed by atoms with Crippen molar-refractivity contribution in [3.63, 3.8) is 0 Å². The van der Waals surface area contributed by atoms with E-state index in [1.807, 2.05) is 18.2 Å². The number of rotatable bonds is 3. The predicted molar refractivity (Wildman–Crippen MR) is 57.9 cm³/mol. The molecule has 0 saturated carbocycles. The third-order valence-electron chi connectivity index (χ3n) is 2.57. The Balaban J connectivity index is 2.14. The number of ether oxygens (including phenoxy) is 2. The largest absolute Gasteiger partial charge is 0.486 e. The maximum absolute atomic E-state index is 10.7. The molecule has 0 saturated heterocycles. The van der Waals surface area contributed by atoms with E-state index in [4.69, 9.17) is 14.6 Å². The number of aliphatic carboxylic acids is 1. The van der Waals surface area contributed by atoms with Gasteiger partial charge in [-0.05, 0) is 24.1 Å². The highest BCUT2D eigenvalue weighted by Gasteiger charge is 2.15. The molecule has 4 nitrogen and oxygen atoms in total. The van der Waals surface area contributed by atoms with Crippen LogP contribution in [0, 0.1) is 5.92 Å². The van der Waals surface area contributed by atoms with Gasteiger partial charge in [-0.1, -0.05) is 13.0 Å². The van der Waals surface area contributed by atoms with E-state index in [1.54, 1.807) is 6.92 Å². The molecule has 1 heterocycles. The van der Waals surface area contributed by atoms with Gasteiger partial charge >= 0.3 is 5.97 Å². The lowest BCUT2D eigenvalue weighted by Gasteiger charge is -2.19. The van der Waals surface area contributed by atoms with Gasteiger partial charge in [-0.15, -0.1) is 0 Å². The van der Waals surface area contributed by atoms with E-state index in [9.17, 15) is 4.79 Å². The second kappa shape index (κ2) is 4.43. The van der Waals surface area contributed by atoms with Gasteiger partial charge < -0.3 is 14.6 Å². The number of benzene rings is 1. The molecule has 1 unspecified atom stereocenters. The molecule has 0 amide bonds. The zero-order valence-electron chi connectivity index (χ0n) is 9.10. The number of carboxylic acid groups (broad SMARTS) is 1. The summed E-state index contributed by atoms with van der Waals surface area (Å²) in [7, 11) is 0. The molecule has 0 bridgehead atoms. The lowest BCUT2D eigenvalue weighted by Crippen LogP contribution is -2.16. The van der Waals surface area contributed by atoms with Gasteiger partial charge in [-0.2, -0.15) is 0 Å². The minimum atomic E-state index is -0.783. The summed E-state index contributed by atoms with van der Waals surface area (Å²) in [6.45, 7) is 2.81. The summed E-state index contributed by atoms with van der Waals surface area (Å²) in [5.41, 5.74) is 0.958. The van der Waals surface area contributed by atoms with Crippen LogP contribution in [0.25, 0.3) is 0 Å². The zero-order valence-corrected chi connectivity index (χ0v) is 9.10. The van der Waals surface area contributed by atoms with Crippen molar-refractivity contribution in [2.45, 2.75) is 13.3 Å². The highest BCUT2D eigenvalue weighted by Crippen LogP contribution is 2.31. The second-order valence-corrected chi connectivity index (χ2v) is 3.92. The predicted octanol–water partition coefficient (Wildman–Crippen LogP) is 1.72. The summed E-state index contributed by atoms with van der Waals surface area (Å²) < 4.78 is 10.8. The van der Waals surface area contributed by atoms with Crippen LogP contribution in [-0.4, -0.2) is 24.3 Å². The average Bonchev–Trinajstić information content (AvgIpc) is 2.28. The standard InChI is InChI=1S/C12H14O4/c1-8(12(13)14)6-9-2-3-10-11(7-9)16-5-4-15-10/h2-3,7-8H,4-6H2,1H3,(H,13,14). The second-order valence-electron chi connectivity index (χ2n) is 3.92. The molecule has 16 heavy (non-hydrogen) atoms. The molecule has 0 aliphatic carbocycles. The van der Waals surface area contributed by atoms with Crippen molar-refractivity contribution in [3.05, 3.63) is 23.8 Å². The van der Waals surface area contributed by atoms with Gasteiger partial charge in [0.1, 0.15) is 13.2 Å². The maximum atomic E-state index is 10.7. The minimum absolute atomic E-state index is 0.387. The fourth-order valence-electron chi connectivity index (χ4n) is 1.66. The van der Waals surface area contributed by atoms with Crippen LogP contribution in [0.1, 0.15) is 12.5 Å². The first-order valence-corrected chi connectivity index (χ1v) is 5.28. The van der Waals surface area contributed by atoms with Crippen molar-refractivity contribution < 1.29 is 19.4 Å². The molecule has 1 aromatic carbocycles.